The van der Waals surface area contributed by atoms with Crippen LogP contribution in [0.15, 0.2) is 16.0 Å². The van der Waals surface area contributed by atoms with E-state index in [1.165, 1.54) is 0 Å². The predicted octanol–water partition coefficient (Wildman–Crippen LogP) is 3.12. The van der Waals surface area contributed by atoms with Crippen LogP contribution in [0.4, 0.5) is 5.95 Å². The number of aromatic amines is 1. The Morgan fingerprint density at radius 2 is 2.16 bits per heavy atom. The molecule has 32 heavy (non-hydrogen) atoms. The van der Waals surface area contributed by atoms with E-state index in [0.717, 1.165) is 3.57 Å². The van der Waals surface area contributed by atoms with E-state index in [9.17, 15) is 4.79 Å². The normalized spacial score (nSPS) is 22.3. The highest BCUT2D eigenvalue weighted by Gasteiger charge is 2.42. The molecule has 0 amide bonds. The predicted molar refractivity (Wildman–Crippen MR) is 136 cm³/mol. The van der Waals surface area contributed by atoms with Crippen molar-refractivity contribution in [2.24, 2.45) is 10.9 Å². The Bertz CT molecular complexity index is 1050. The molecule has 2 aromatic heterocycles. The topological polar surface area (TPSA) is 120 Å². The minimum atomic E-state index is -1.95. The van der Waals surface area contributed by atoms with Gasteiger partial charge >= 0.3 is 0 Å². The van der Waals surface area contributed by atoms with Crippen molar-refractivity contribution in [3.8, 4) is 0 Å². The van der Waals surface area contributed by atoms with Gasteiger partial charge in [0.05, 0.1) is 18.3 Å². The van der Waals surface area contributed by atoms with Crippen molar-refractivity contribution in [1.29, 1.82) is 0 Å². The number of rotatable bonds is 7. The zero-order valence-electron chi connectivity index (χ0n) is 19.7. The average molecular weight is 577 g/mol. The molecule has 3 N–H and O–H groups in total. The van der Waals surface area contributed by atoms with Gasteiger partial charge < -0.3 is 18.6 Å². The average Bonchev–Trinajstić information content (AvgIpc) is 3.24. The second-order valence-corrected chi connectivity index (χ2v) is 15.8. The van der Waals surface area contributed by atoms with Gasteiger partial charge in [-0.25, -0.2) is 10.9 Å². The third kappa shape index (κ3) is 5.25. The molecule has 1 fully saturated rings. The number of aliphatic imine (C=N–C) groups is 1. The van der Waals surface area contributed by atoms with E-state index in [-0.39, 0.29) is 35.0 Å². The molecule has 12 heteroatoms. The number of hydrogen-bond donors (Lipinski definition) is 2. The van der Waals surface area contributed by atoms with E-state index in [1.54, 1.807) is 11.2 Å². The summed E-state index contributed by atoms with van der Waals surface area (Å²) >= 11 is 2.13. The van der Waals surface area contributed by atoms with E-state index >= 15 is 0 Å². The fraction of sp³-hybridized carbons (Fsp3) is 0.650. The summed E-state index contributed by atoms with van der Waals surface area (Å²) < 4.78 is 15.3. The van der Waals surface area contributed by atoms with Gasteiger partial charge in [-0.1, -0.05) is 20.8 Å². The number of H-pyrrole nitrogens is 1. The first kappa shape index (κ1) is 25.3. The molecule has 1 unspecified atom stereocenters. The minimum absolute atomic E-state index is 0.0885. The van der Waals surface area contributed by atoms with Crippen LogP contribution < -0.4 is 11.5 Å². The molecule has 0 spiro atoms. The molecule has 178 valence electrons. The molecule has 1 saturated heterocycles. The van der Waals surface area contributed by atoms with Crippen LogP contribution in [0.1, 0.15) is 33.4 Å². The summed E-state index contributed by atoms with van der Waals surface area (Å²) in [7, 11) is 1.74. The number of ether oxygens (including phenoxy) is 1. The summed E-state index contributed by atoms with van der Waals surface area (Å²) in [6, 6.07) is 0. The number of fused-ring (bicyclic) bond motifs is 1. The highest BCUT2D eigenvalue weighted by atomic mass is 127. The maximum Gasteiger partial charge on any atom is 0.262 e. The Labute approximate surface area is 202 Å². The molecule has 3 atom stereocenters. The van der Waals surface area contributed by atoms with Gasteiger partial charge in [-0.15, -0.1) is 0 Å². The standard InChI is InChI=1S/C20H33IN6O4Si/c1-20(2,3)32(6,7)29-10-14-13(31-22)8-15(30-14)27-9-12(21)16-17(27)24-19(25-18(16)28)23-11-26(4)5/h9,11,13-15H,8,10,22H2,1-7H3,(H,24,25,28)/b23-11-/t13?,14-,15-/m1/s1. The SMILES string of the molecule is CN(C)/C=N\c1nc2c(c(I)cn2[C@H]2CC(ON)[C@@H](CO[Si](C)(C)C(C)(C)C)O2)c(=O)[nH]1. The van der Waals surface area contributed by atoms with Crippen molar-refractivity contribution in [2.75, 3.05) is 20.7 Å². The number of nitrogens with zero attached hydrogens (tertiary/aromatic N) is 4. The maximum atomic E-state index is 12.7. The molecular weight excluding hydrogens is 543 g/mol. The number of nitrogens with two attached hydrogens (primary N) is 1. The molecule has 1 aliphatic rings. The second-order valence-electron chi connectivity index (χ2n) is 9.79. The van der Waals surface area contributed by atoms with Gasteiger partial charge in [0.15, 0.2) is 14.0 Å². The summed E-state index contributed by atoms with van der Waals surface area (Å²) in [6.45, 7) is 11.4. The zero-order chi connectivity index (χ0) is 23.8. The van der Waals surface area contributed by atoms with Crippen molar-refractivity contribution in [1.82, 2.24) is 19.4 Å². The number of nitrogens with one attached hydrogen (secondary N) is 1. The summed E-state index contributed by atoms with van der Waals surface area (Å²) in [5, 5.41) is 0.592. The van der Waals surface area contributed by atoms with Crippen LogP contribution >= 0.6 is 22.6 Å². The summed E-state index contributed by atoms with van der Waals surface area (Å²) in [5.74, 6) is 5.83. The van der Waals surface area contributed by atoms with Crippen LogP contribution in [0.25, 0.3) is 11.0 Å². The van der Waals surface area contributed by atoms with Crippen LogP contribution in [-0.2, 0) is 14.0 Å². The number of halogens is 1. The van der Waals surface area contributed by atoms with Crippen molar-refractivity contribution in [2.45, 2.75) is 63.8 Å². The lowest BCUT2D eigenvalue weighted by atomic mass is 10.2. The molecule has 2 aromatic rings. The molecule has 1 aliphatic heterocycles. The van der Waals surface area contributed by atoms with Gasteiger partial charge in [-0.05, 0) is 40.7 Å². The van der Waals surface area contributed by atoms with Crippen LogP contribution in [0.5, 0.6) is 0 Å². The Morgan fingerprint density at radius 3 is 2.75 bits per heavy atom. The van der Waals surface area contributed by atoms with Gasteiger partial charge in [0.1, 0.15) is 18.4 Å². The fourth-order valence-corrected chi connectivity index (χ4v) is 5.02. The summed E-state index contributed by atoms with van der Waals surface area (Å²) in [4.78, 5) is 31.2. The van der Waals surface area contributed by atoms with Crippen LogP contribution in [0, 0.1) is 3.57 Å². The van der Waals surface area contributed by atoms with Gasteiger partial charge in [0.25, 0.3) is 5.56 Å². The van der Waals surface area contributed by atoms with Crippen LogP contribution in [0.3, 0.4) is 0 Å². The monoisotopic (exact) mass is 576 g/mol. The molecule has 0 aromatic carbocycles. The van der Waals surface area contributed by atoms with Gasteiger partial charge in [0, 0.05) is 30.3 Å². The molecule has 0 saturated carbocycles. The summed E-state index contributed by atoms with van der Waals surface area (Å²) in [5.41, 5.74) is 0.266. The van der Waals surface area contributed by atoms with Crippen LogP contribution in [-0.4, -0.2) is 67.0 Å². The quantitative estimate of drug-likeness (QED) is 0.171. The Hall–Kier alpha value is -1.32. The first-order chi connectivity index (χ1) is 14.8. The second kappa shape index (κ2) is 9.50. The minimum Gasteiger partial charge on any atom is -0.414 e. The summed E-state index contributed by atoms with van der Waals surface area (Å²) in [6.07, 6.45) is 2.94. The first-order valence-corrected chi connectivity index (χ1v) is 14.5. The molecular formula is C20H33IN6O4Si. The number of hydrogen-bond acceptors (Lipinski definition) is 7. The van der Waals surface area contributed by atoms with E-state index < -0.39 is 8.32 Å². The highest BCUT2D eigenvalue weighted by Crippen LogP contribution is 2.38. The largest absolute Gasteiger partial charge is 0.414 e. The smallest absolute Gasteiger partial charge is 0.262 e. The van der Waals surface area contributed by atoms with Gasteiger partial charge in [0.2, 0.25) is 5.95 Å². The molecule has 0 aliphatic carbocycles. The lowest BCUT2D eigenvalue weighted by Crippen LogP contribution is -2.44. The Balaban J connectivity index is 1.89. The van der Waals surface area contributed by atoms with Crippen LogP contribution in [0.2, 0.25) is 18.1 Å². The molecule has 3 heterocycles. The number of aromatic nitrogens is 3. The van der Waals surface area contributed by atoms with Gasteiger partial charge in [-0.3, -0.25) is 14.6 Å². The van der Waals surface area contributed by atoms with Crippen molar-refractivity contribution in [3.05, 3.63) is 20.1 Å². The first-order valence-electron chi connectivity index (χ1n) is 10.5. The maximum absolute atomic E-state index is 12.7. The molecule has 3 rings (SSSR count). The third-order valence-corrected chi connectivity index (χ3v) is 11.4. The van der Waals surface area contributed by atoms with E-state index in [4.69, 9.17) is 19.9 Å². The lowest BCUT2D eigenvalue weighted by Gasteiger charge is -2.37. The van der Waals surface area contributed by atoms with Crippen molar-refractivity contribution >= 4 is 54.2 Å². The van der Waals surface area contributed by atoms with Gasteiger partial charge in [-0.2, -0.15) is 4.98 Å². The van der Waals surface area contributed by atoms with E-state index in [0.29, 0.717) is 24.1 Å². The fourth-order valence-electron chi connectivity index (χ4n) is 3.22. The molecule has 0 bridgehead atoms. The molecule has 0 radical (unpaired) electrons. The Morgan fingerprint density at radius 1 is 1.47 bits per heavy atom. The van der Waals surface area contributed by atoms with Crippen molar-refractivity contribution in [3.63, 3.8) is 0 Å². The molecule has 10 nitrogen and oxygen atoms in total. The zero-order valence-corrected chi connectivity index (χ0v) is 22.8. The van der Waals surface area contributed by atoms with E-state index in [1.807, 2.05) is 24.9 Å². The lowest BCUT2D eigenvalue weighted by molar-refractivity contribution is -0.0586. The third-order valence-electron chi connectivity index (χ3n) is 6.11. The van der Waals surface area contributed by atoms with E-state index in [2.05, 4.69) is 71.4 Å². The van der Waals surface area contributed by atoms with Crippen molar-refractivity contribution < 1.29 is 14.0 Å². The highest BCUT2D eigenvalue weighted by molar-refractivity contribution is 14.1. The Kier molecular flexibility index (Phi) is 7.51.